The predicted molar refractivity (Wildman–Crippen MR) is 85.9 cm³/mol. The van der Waals surface area contributed by atoms with Crippen LogP contribution in [-0.4, -0.2) is 12.6 Å². The van der Waals surface area contributed by atoms with Gasteiger partial charge in [-0.1, -0.05) is 18.6 Å². The number of rotatable bonds is 5. The van der Waals surface area contributed by atoms with Gasteiger partial charge in [-0.05, 0) is 77.9 Å². The molecule has 20 heavy (non-hydrogen) atoms. The van der Waals surface area contributed by atoms with Crippen LogP contribution in [0.2, 0.25) is 0 Å². The Bertz CT molecular complexity index is 474. The Morgan fingerprint density at radius 2 is 2.20 bits per heavy atom. The molecule has 0 saturated heterocycles. The molecule has 0 spiro atoms. The molecule has 0 radical (unpaired) electrons. The highest BCUT2D eigenvalue weighted by atomic mass is 79.9. The minimum absolute atomic E-state index is 0.161. The molecule has 2 aliphatic rings. The van der Waals surface area contributed by atoms with Crippen molar-refractivity contribution >= 4 is 15.9 Å². The fraction of sp³-hybridized carbons (Fsp3) is 0.647. The highest BCUT2D eigenvalue weighted by molar-refractivity contribution is 9.10. The quantitative estimate of drug-likeness (QED) is 0.875. The third-order valence-electron chi connectivity index (χ3n) is 4.92. The normalized spacial score (nSPS) is 29.6. The number of hydrogen-bond donors (Lipinski definition) is 1. The second kappa shape index (κ2) is 6.07. The van der Waals surface area contributed by atoms with Crippen molar-refractivity contribution in [2.75, 3.05) is 6.61 Å². The van der Waals surface area contributed by atoms with Gasteiger partial charge in [0, 0.05) is 6.04 Å². The number of halogens is 1. The van der Waals surface area contributed by atoms with Crippen molar-refractivity contribution in [1.82, 2.24) is 0 Å². The number of ether oxygens (including phenoxy) is 1. The molecule has 3 heteroatoms. The van der Waals surface area contributed by atoms with Gasteiger partial charge in [-0.3, -0.25) is 0 Å². The van der Waals surface area contributed by atoms with Gasteiger partial charge in [-0.2, -0.15) is 0 Å². The summed E-state index contributed by atoms with van der Waals surface area (Å²) >= 11 is 3.62. The molecule has 2 aliphatic carbocycles. The molecule has 2 saturated carbocycles. The lowest BCUT2D eigenvalue weighted by atomic mass is 9.89. The second-order valence-corrected chi connectivity index (χ2v) is 7.51. The van der Waals surface area contributed by atoms with Gasteiger partial charge in [-0.25, -0.2) is 0 Å². The third kappa shape index (κ3) is 3.04. The highest BCUT2D eigenvalue weighted by Gasteiger charge is 2.39. The molecule has 110 valence electrons. The van der Waals surface area contributed by atoms with E-state index < -0.39 is 0 Å². The Balaban J connectivity index is 1.67. The van der Waals surface area contributed by atoms with Crippen LogP contribution >= 0.6 is 15.9 Å². The zero-order valence-corrected chi connectivity index (χ0v) is 13.7. The molecule has 0 heterocycles. The van der Waals surface area contributed by atoms with E-state index >= 15 is 0 Å². The molecule has 2 bridgehead atoms. The van der Waals surface area contributed by atoms with Gasteiger partial charge in [0.05, 0.1) is 11.1 Å². The van der Waals surface area contributed by atoms with E-state index in [0.29, 0.717) is 0 Å². The number of fused-ring (bicyclic) bond motifs is 2. The van der Waals surface area contributed by atoms with Crippen LogP contribution in [0.5, 0.6) is 5.75 Å². The van der Waals surface area contributed by atoms with Gasteiger partial charge >= 0.3 is 0 Å². The van der Waals surface area contributed by atoms with Crippen LogP contribution in [0.1, 0.15) is 38.2 Å². The predicted octanol–water partition coefficient (Wildman–Crippen LogP) is 4.15. The van der Waals surface area contributed by atoms with Gasteiger partial charge in [0.15, 0.2) is 0 Å². The molecule has 2 nitrogen and oxygen atoms in total. The molecule has 0 aliphatic heterocycles. The Hall–Kier alpha value is -0.540. The van der Waals surface area contributed by atoms with Crippen molar-refractivity contribution in [3.05, 3.63) is 28.2 Å². The summed E-state index contributed by atoms with van der Waals surface area (Å²) in [5.74, 6) is 3.67. The molecule has 0 aromatic heterocycles. The first-order chi connectivity index (χ1) is 9.63. The van der Waals surface area contributed by atoms with Crippen LogP contribution in [0.25, 0.3) is 0 Å². The van der Waals surface area contributed by atoms with Gasteiger partial charge in [0.2, 0.25) is 0 Å². The molecule has 2 fully saturated rings. The lowest BCUT2D eigenvalue weighted by Gasteiger charge is -2.23. The van der Waals surface area contributed by atoms with Gasteiger partial charge < -0.3 is 10.5 Å². The van der Waals surface area contributed by atoms with Crippen LogP contribution < -0.4 is 10.5 Å². The zero-order valence-electron chi connectivity index (χ0n) is 12.1. The van der Waals surface area contributed by atoms with Crippen LogP contribution in [0, 0.1) is 17.8 Å². The maximum absolute atomic E-state index is 6.20. The lowest BCUT2D eigenvalue weighted by Crippen LogP contribution is -2.21. The zero-order chi connectivity index (χ0) is 14.1. The van der Waals surface area contributed by atoms with Gasteiger partial charge in [-0.15, -0.1) is 0 Å². The Labute approximate surface area is 130 Å². The van der Waals surface area contributed by atoms with E-state index in [4.69, 9.17) is 10.5 Å². The van der Waals surface area contributed by atoms with Crippen LogP contribution in [-0.2, 0) is 6.42 Å². The van der Waals surface area contributed by atoms with E-state index in [2.05, 4.69) is 34.1 Å². The summed E-state index contributed by atoms with van der Waals surface area (Å²) in [6, 6.07) is 6.41. The molecule has 2 N–H and O–H groups in total. The highest BCUT2D eigenvalue weighted by Crippen LogP contribution is 2.48. The van der Waals surface area contributed by atoms with E-state index in [1.54, 1.807) is 0 Å². The molecule has 1 aromatic carbocycles. The minimum Gasteiger partial charge on any atom is -0.492 e. The Morgan fingerprint density at radius 1 is 1.35 bits per heavy atom. The van der Waals surface area contributed by atoms with Crippen molar-refractivity contribution in [2.45, 2.75) is 45.1 Å². The molecule has 4 unspecified atom stereocenters. The lowest BCUT2D eigenvalue weighted by molar-refractivity contribution is 0.193. The van der Waals surface area contributed by atoms with E-state index in [1.807, 2.05) is 6.92 Å². The number of hydrogen-bond acceptors (Lipinski definition) is 2. The summed E-state index contributed by atoms with van der Waals surface area (Å²) in [5.41, 5.74) is 7.16. The summed E-state index contributed by atoms with van der Waals surface area (Å²) in [7, 11) is 0. The number of para-hydroxylation sites is 1. The molecule has 4 atom stereocenters. The topological polar surface area (TPSA) is 35.2 Å². The summed E-state index contributed by atoms with van der Waals surface area (Å²) in [6.45, 7) is 2.91. The Morgan fingerprint density at radius 3 is 2.85 bits per heavy atom. The standard InChI is InChI=1S/C17H24BrNO/c1-11(19)7-14-3-2-4-16(18)17(14)20-10-15-9-12-5-6-13(15)8-12/h2-4,11-13,15H,5-10,19H2,1H3. The average Bonchev–Trinajstić information content (AvgIpc) is 2.99. The smallest absolute Gasteiger partial charge is 0.136 e. The SMILES string of the molecule is CC(N)Cc1cccc(Br)c1OCC1CC2CCC1C2. The van der Waals surface area contributed by atoms with Gasteiger partial charge in [0.1, 0.15) is 5.75 Å². The van der Waals surface area contributed by atoms with E-state index in [-0.39, 0.29) is 6.04 Å². The first-order valence-corrected chi connectivity index (χ1v) is 8.58. The maximum Gasteiger partial charge on any atom is 0.136 e. The largest absolute Gasteiger partial charge is 0.492 e. The Kier molecular flexibility index (Phi) is 4.37. The summed E-state index contributed by atoms with van der Waals surface area (Å²) in [6.07, 6.45) is 6.55. The van der Waals surface area contributed by atoms with Crippen LogP contribution in [0.4, 0.5) is 0 Å². The third-order valence-corrected chi connectivity index (χ3v) is 5.54. The summed E-state index contributed by atoms with van der Waals surface area (Å²) in [4.78, 5) is 0. The molecule has 0 amide bonds. The average molecular weight is 338 g/mol. The first-order valence-electron chi connectivity index (χ1n) is 7.79. The fourth-order valence-corrected chi connectivity index (χ4v) is 4.52. The first kappa shape index (κ1) is 14.4. The monoisotopic (exact) mass is 337 g/mol. The second-order valence-electron chi connectivity index (χ2n) is 6.66. The number of nitrogens with two attached hydrogens (primary N) is 1. The molecule has 3 rings (SSSR count). The van der Waals surface area contributed by atoms with Crippen molar-refractivity contribution < 1.29 is 4.74 Å². The summed E-state index contributed by atoms with van der Waals surface area (Å²) in [5, 5.41) is 0. The van der Waals surface area contributed by atoms with Crippen LogP contribution in [0.15, 0.2) is 22.7 Å². The molecular weight excluding hydrogens is 314 g/mol. The van der Waals surface area contributed by atoms with Crippen molar-refractivity contribution in [2.24, 2.45) is 23.5 Å². The van der Waals surface area contributed by atoms with Crippen molar-refractivity contribution in [3.8, 4) is 5.75 Å². The van der Waals surface area contributed by atoms with Crippen molar-refractivity contribution in [3.63, 3.8) is 0 Å². The molecular formula is C17H24BrNO. The van der Waals surface area contributed by atoms with E-state index in [1.165, 1.54) is 31.2 Å². The maximum atomic E-state index is 6.20. The fourth-order valence-electron chi connectivity index (χ4n) is 3.99. The van der Waals surface area contributed by atoms with E-state index in [9.17, 15) is 0 Å². The van der Waals surface area contributed by atoms with Crippen LogP contribution in [0.3, 0.4) is 0 Å². The number of benzene rings is 1. The van der Waals surface area contributed by atoms with Gasteiger partial charge in [0.25, 0.3) is 0 Å². The van der Waals surface area contributed by atoms with E-state index in [0.717, 1.165) is 41.0 Å². The minimum atomic E-state index is 0.161. The molecule has 1 aromatic rings. The summed E-state index contributed by atoms with van der Waals surface area (Å²) < 4.78 is 7.26. The van der Waals surface area contributed by atoms with Crippen molar-refractivity contribution in [1.29, 1.82) is 0 Å².